The quantitative estimate of drug-likeness (QED) is 0.635. The number of nitrogens with zero attached hydrogens (tertiary/aromatic N) is 3. The van der Waals surface area contributed by atoms with Crippen molar-refractivity contribution in [3.8, 4) is 18.4 Å². The molecule has 1 saturated heterocycles. The van der Waals surface area contributed by atoms with E-state index in [0.29, 0.717) is 19.1 Å². The lowest BCUT2D eigenvalue weighted by Crippen LogP contribution is -2.37. The predicted octanol–water partition coefficient (Wildman–Crippen LogP) is 2.28. The Morgan fingerprint density at radius 3 is 2.72 bits per heavy atom. The Kier molecular flexibility index (Phi) is 5.07. The molecule has 5 nitrogen and oxygen atoms in total. The molecule has 3 rings (SSSR count). The van der Waals surface area contributed by atoms with Gasteiger partial charge in [0.15, 0.2) is 0 Å². The average molecular weight is 335 g/mol. The highest BCUT2D eigenvalue weighted by molar-refractivity contribution is 5.94. The van der Waals surface area contributed by atoms with Gasteiger partial charge in [-0.25, -0.2) is 0 Å². The van der Waals surface area contributed by atoms with Crippen molar-refractivity contribution in [1.82, 2.24) is 4.57 Å². The van der Waals surface area contributed by atoms with Crippen LogP contribution in [0.2, 0.25) is 0 Å². The maximum Gasteiger partial charge on any atom is 0.270 e. The van der Waals surface area contributed by atoms with Gasteiger partial charge in [-0.3, -0.25) is 4.79 Å². The van der Waals surface area contributed by atoms with Gasteiger partial charge in [0.1, 0.15) is 18.2 Å². The number of para-hydroxylation sites is 1. The standard InChI is InChI=1S/C20H21N3O2/c1-3-12-25-14-15-8-10-23(11-9-15)19-16-6-4-5-7-18(16)22(2)20(24)17(19)13-21/h1,4-7,15H,8-12,14H2,2H3. The Morgan fingerprint density at radius 1 is 1.32 bits per heavy atom. The van der Waals surface area contributed by atoms with Crippen LogP contribution in [-0.2, 0) is 11.8 Å². The summed E-state index contributed by atoms with van der Waals surface area (Å²) >= 11 is 0. The number of anilines is 1. The molecule has 1 aromatic carbocycles. The summed E-state index contributed by atoms with van der Waals surface area (Å²) in [5.41, 5.74) is 1.60. The third-order valence-electron chi connectivity index (χ3n) is 4.86. The predicted molar refractivity (Wildman–Crippen MR) is 98.5 cm³/mol. The van der Waals surface area contributed by atoms with E-state index in [2.05, 4.69) is 16.9 Å². The van der Waals surface area contributed by atoms with Crippen LogP contribution in [-0.4, -0.2) is 30.9 Å². The fraction of sp³-hybridized carbons (Fsp3) is 0.400. The summed E-state index contributed by atoms with van der Waals surface area (Å²) in [4.78, 5) is 14.8. The number of ether oxygens (including phenoxy) is 1. The number of terminal acetylenes is 1. The lowest BCUT2D eigenvalue weighted by molar-refractivity contribution is 0.115. The molecule has 25 heavy (non-hydrogen) atoms. The summed E-state index contributed by atoms with van der Waals surface area (Å²) in [5, 5.41) is 10.5. The van der Waals surface area contributed by atoms with Crippen molar-refractivity contribution in [3.63, 3.8) is 0 Å². The summed E-state index contributed by atoms with van der Waals surface area (Å²) in [6, 6.07) is 9.87. The number of hydrogen-bond donors (Lipinski definition) is 0. The van der Waals surface area contributed by atoms with Crippen molar-refractivity contribution in [2.75, 3.05) is 31.2 Å². The van der Waals surface area contributed by atoms with Crippen molar-refractivity contribution < 1.29 is 4.74 Å². The molecule has 1 fully saturated rings. The number of aryl methyl sites for hydroxylation is 1. The molecule has 1 aliphatic rings. The van der Waals surface area contributed by atoms with Gasteiger partial charge in [-0.1, -0.05) is 24.1 Å². The molecule has 128 valence electrons. The van der Waals surface area contributed by atoms with Gasteiger partial charge in [0.25, 0.3) is 5.56 Å². The average Bonchev–Trinajstić information content (AvgIpc) is 2.65. The molecule has 0 unspecified atom stereocenters. The van der Waals surface area contributed by atoms with Crippen LogP contribution in [0.3, 0.4) is 0 Å². The van der Waals surface area contributed by atoms with E-state index in [1.54, 1.807) is 11.6 Å². The molecule has 0 radical (unpaired) electrons. The molecular formula is C20H21N3O2. The van der Waals surface area contributed by atoms with E-state index in [9.17, 15) is 10.1 Å². The van der Waals surface area contributed by atoms with E-state index in [4.69, 9.17) is 11.2 Å². The van der Waals surface area contributed by atoms with Crippen LogP contribution in [0.1, 0.15) is 18.4 Å². The Balaban J connectivity index is 1.92. The van der Waals surface area contributed by atoms with Crippen LogP contribution in [0.4, 0.5) is 5.69 Å². The molecule has 0 saturated carbocycles. The first kappa shape index (κ1) is 17.1. The zero-order valence-corrected chi connectivity index (χ0v) is 14.4. The molecule has 0 aliphatic carbocycles. The molecule has 0 N–H and O–H groups in total. The minimum atomic E-state index is -0.240. The fourth-order valence-corrected chi connectivity index (χ4v) is 3.52. The highest BCUT2D eigenvalue weighted by atomic mass is 16.5. The second kappa shape index (κ2) is 7.42. The Bertz CT molecular complexity index is 909. The zero-order chi connectivity index (χ0) is 17.8. The largest absolute Gasteiger partial charge is 0.370 e. The summed E-state index contributed by atoms with van der Waals surface area (Å²) in [5.74, 6) is 2.95. The Morgan fingerprint density at radius 2 is 2.04 bits per heavy atom. The fourth-order valence-electron chi connectivity index (χ4n) is 3.52. The highest BCUT2D eigenvalue weighted by Gasteiger charge is 2.25. The van der Waals surface area contributed by atoms with E-state index < -0.39 is 0 Å². The highest BCUT2D eigenvalue weighted by Crippen LogP contribution is 2.31. The van der Waals surface area contributed by atoms with Gasteiger partial charge in [0, 0.05) is 25.5 Å². The van der Waals surface area contributed by atoms with E-state index in [0.717, 1.165) is 42.5 Å². The molecule has 2 heterocycles. The number of nitriles is 1. The molecule has 2 aromatic rings. The summed E-state index contributed by atoms with van der Waals surface area (Å²) in [7, 11) is 1.71. The van der Waals surface area contributed by atoms with Crippen molar-refractivity contribution in [2.45, 2.75) is 12.8 Å². The Hall–Kier alpha value is -2.76. The second-order valence-corrected chi connectivity index (χ2v) is 6.37. The van der Waals surface area contributed by atoms with Gasteiger partial charge in [0.2, 0.25) is 0 Å². The zero-order valence-electron chi connectivity index (χ0n) is 14.4. The first-order chi connectivity index (χ1) is 12.2. The summed E-state index contributed by atoms with van der Waals surface area (Å²) < 4.78 is 7.01. The van der Waals surface area contributed by atoms with Gasteiger partial charge in [0.05, 0.1) is 17.8 Å². The van der Waals surface area contributed by atoms with Crippen LogP contribution in [0.25, 0.3) is 10.9 Å². The molecule has 1 aliphatic heterocycles. The first-order valence-corrected chi connectivity index (χ1v) is 8.45. The van der Waals surface area contributed by atoms with Crippen molar-refractivity contribution >= 4 is 16.6 Å². The summed E-state index contributed by atoms with van der Waals surface area (Å²) in [6.45, 7) is 2.62. The Labute approximate surface area is 147 Å². The number of rotatable bonds is 4. The lowest BCUT2D eigenvalue weighted by atomic mass is 9.96. The first-order valence-electron chi connectivity index (χ1n) is 8.45. The molecule has 5 heteroatoms. The van der Waals surface area contributed by atoms with Crippen LogP contribution >= 0.6 is 0 Å². The lowest BCUT2D eigenvalue weighted by Gasteiger charge is -2.34. The monoisotopic (exact) mass is 335 g/mol. The maximum atomic E-state index is 12.6. The molecule has 0 spiro atoms. The minimum absolute atomic E-state index is 0.225. The van der Waals surface area contributed by atoms with Crippen LogP contribution in [0.5, 0.6) is 0 Å². The smallest absolute Gasteiger partial charge is 0.270 e. The van der Waals surface area contributed by atoms with Crippen molar-refractivity contribution in [1.29, 1.82) is 5.26 Å². The van der Waals surface area contributed by atoms with Crippen LogP contribution < -0.4 is 10.5 Å². The van der Waals surface area contributed by atoms with Crippen LogP contribution in [0.15, 0.2) is 29.1 Å². The van der Waals surface area contributed by atoms with Crippen molar-refractivity contribution in [2.24, 2.45) is 13.0 Å². The SMILES string of the molecule is C#CCOCC1CCN(c2c(C#N)c(=O)n(C)c3ccccc23)CC1. The van der Waals surface area contributed by atoms with Gasteiger partial charge in [-0.05, 0) is 24.8 Å². The maximum absolute atomic E-state index is 12.6. The van der Waals surface area contributed by atoms with E-state index in [-0.39, 0.29) is 11.1 Å². The number of hydrogen-bond acceptors (Lipinski definition) is 4. The summed E-state index contributed by atoms with van der Waals surface area (Å²) in [6.07, 6.45) is 7.12. The molecule has 1 aromatic heterocycles. The minimum Gasteiger partial charge on any atom is -0.370 e. The third kappa shape index (κ3) is 3.24. The van der Waals surface area contributed by atoms with Gasteiger partial charge < -0.3 is 14.2 Å². The van der Waals surface area contributed by atoms with E-state index in [1.165, 1.54) is 0 Å². The van der Waals surface area contributed by atoms with E-state index in [1.807, 2.05) is 24.3 Å². The van der Waals surface area contributed by atoms with Crippen LogP contribution in [0, 0.1) is 29.6 Å². The third-order valence-corrected chi connectivity index (χ3v) is 4.86. The topological polar surface area (TPSA) is 58.3 Å². The molecule has 0 amide bonds. The number of aromatic nitrogens is 1. The number of piperidine rings is 1. The van der Waals surface area contributed by atoms with Crippen molar-refractivity contribution in [3.05, 3.63) is 40.2 Å². The molecular weight excluding hydrogens is 314 g/mol. The molecule has 0 atom stereocenters. The number of benzene rings is 1. The van der Waals surface area contributed by atoms with E-state index >= 15 is 0 Å². The number of pyridine rings is 1. The molecule has 0 bridgehead atoms. The second-order valence-electron chi connectivity index (χ2n) is 6.37. The number of fused-ring (bicyclic) bond motifs is 1. The van der Waals surface area contributed by atoms with Gasteiger partial charge in [-0.15, -0.1) is 6.42 Å². The van der Waals surface area contributed by atoms with Gasteiger partial charge >= 0.3 is 0 Å². The normalized spacial score (nSPS) is 15.1. The van der Waals surface area contributed by atoms with Gasteiger partial charge in [-0.2, -0.15) is 5.26 Å².